The summed E-state index contributed by atoms with van der Waals surface area (Å²) < 4.78 is 17.2. The van der Waals surface area contributed by atoms with E-state index in [4.69, 9.17) is 14.2 Å². The first-order valence-corrected chi connectivity index (χ1v) is 8.55. The molecule has 2 bridgehead atoms. The lowest BCUT2D eigenvalue weighted by atomic mass is 10.1. The van der Waals surface area contributed by atoms with Gasteiger partial charge in [-0.2, -0.15) is 0 Å². The zero-order valence-electron chi connectivity index (χ0n) is 13.8. The summed E-state index contributed by atoms with van der Waals surface area (Å²) in [4.78, 5) is 11.9. The number of esters is 1. The van der Waals surface area contributed by atoms with Crippen molar-refractivity contribution in [2.45, 2.75) is 37.5 Å². The lowest BCUT2D eigenvalue weighted by Crippen LogP contribution is -2.46. The van der Waals surface area contributed by atoms with Gasteiger partial charge in [0.15, 0.2) is 0 Å². The number of nitrogens with one attached hydrogen (secondary N) is 1. The van der Waals surface area contributed by atoms with E-state index < -0.39 is 6.04 Å². The first kappa shape index (κ1) is 16.3. The summed E-state index contributed by atoms with van der Waals surface area (Å²) in [5.74, 6) is -0.234. The summed E-state index contributed by atoms with van der Waals surface area (Å²) in [6, 6.07) is 19.5. The van der Waals surface area contributed by atoms with Crippen molar-refractivity contribution in [3.63, 3.8) is 0 Å². The Bertz CT molecular complexity index is 706. The van der Waals surface area contributed by atoms with Gasteiger partial charge in [0.05, 0.1) is 25.9 Å². The number of carbonyl (C=O) groups excluding carboxylic acids is 1. The molecule has 2 fully saturated rings. The predicted molar refractivity (Wildman–Crippen MR) is 91.7 cm³/mol. The average molecular weight is 339 g/mol. The summed E-state index contributed by atoms with van der Waals surface area (Å²) in [5.41, 5.74) is 2.21. The normalized spacial score (nSPS) is 27.4. The molecule has 0 radical (unpaired) electrons. The summed E-state index contributed by atoms with van der Waals surface area (Å²) in [6.07, 6.45) is -0.560. The molecule has 2 aromatic rings. The van der Waals surface area contributed by atoms with E-state index in [1.54, 1.807) is 0 Å². The fourth-order valence-corrected chi connectivity index (χ4v) is 3.38. The quantitative estimate of drug-likeness (QED) is 0.783. The second kappa shape index (κ2) is 7.35. The number of benzene rings is 2. The maximum atomic E-state index is 11.9. The van der Waals surface area contributed by atoms with Crippen molar-refractivity contribution < 1.29 is 19.0 Å². The molecule has 0 aliphatic carbocycles. The molecule has 130 valence electrons. The van der Waals surface area contributed by atoms with Crippen molar-refractivity contribution in [1.29, 1.82) is 0 Å². The van der Waals surface area contributed by atoms with Crippen LogP contribution in [0.2, 0.25) is 0 Å². The predicted octanol–water partition coefficient (Wildman–Crippen LogP) is 2.05. The fraction of sp³-hybridized carbons (Fsp3) is 0.350. The molecule has 0 unspecified atom stereocenters. The molecule has 2 heterocycles. The average Bonchev–Trinajstić information content (AvgIpc) is 3.14. The molecule has 4 rings (SSSR count). The SMILES string of the molecule is O=C1O[C@H]2[C@H](OCc3ccccc3)[C@@H]1N[C@@H]2COCc1ccccc1. The molecule has 0 aromatic heterocycles. The van der Waals surface area contributed by atoms with Gasteiger partial charge in [0.2, 0.25) is 0 Å². The molecular weight excluding hydrogens is 318 g/mol. The second-order valence-electron chi connectivity index (χ2n) is 6.41. The van der Waals surface area contributed by atoms with Crippen LogP contribution in [0.15, 0.2) is 60.7 Å². The Morgan fingerprint density at radius 1 is 0.920 bits per heavy atom. The van der Waals surface area contributed by atoms with Gasteiger partial charge in [-0.25, -0.2) is 0 Å². The van der Waals surface area contributed by atoms with E-state index >= 15 is 0 Å². The Labute approximate surface area is 146 Å². The van der Waals surface area contributed by atoms with Gasteiger partial charge in [0.1, 0.15) is 18.2 Å². The number of hydrogen-bond acceptors (Lipinski definition) is 5. The highest BCUT2D eigenvalue weighted by Crippen LogP contribution is 2.30. The minimum absolute atomic E-state index is 0.0350. The Balaban J connectivity index is 1.31. The van der Waals surface area contributed by atoms with Gasteiger partial charge >= 0.3 is 5.97 Å². The minimum Gasteiger partial charge on any atom is -0.457 e. The van der Waals surface area contributed by atoms with E-state index in [-0.39, 0.29) is 24.2 Å². The Kier molecular flexibility index (Phi) is 4.78. The number of rotatable bonds is 7. The molecule has 0 amide bonds. The van der Waals surface area contributed by atoms with Gasteiger partial charge in [-0.05, 0) is 11.1 Å². The molecule has 25 heavy (non-hydrogen) atoms. The third kappa shape index (κ3) is 3.58. The van der Waals surface area contributed by atoms with Crippen molar-refractivity contribution in [1.82, 2.24) is 5.32 Å². The third-order valence-electron chi connectivity index (χ3n) is 4.64. The van der Waals surface area contributed by atoms with Crippen LogP contribution >= 0.6 is 0 Å². The molecule has 0 spiro atoms. The molecule has 2 aliphatic heterocycles. The standard InChI is InChI=1S/C20H21NO4/c22-20-17-19(24-12-15-9-5-2-6-10-15)18(25-20)16(21-17)13-23-11-14-7-3-1-4-8-14/h1-10,16-19,21H,11-13H2/t16-,17+,18-,19-/m1/s1. The lowest BCUT2D eigenvalue weighted by Gasteiger charge is -2.22. The van der Waals surface area contributed by atoms with Crippen LogP contribution < -0.4 is 5.32 Å². The molecule has 5 nitrogen and oxygen atoms in total. The fourth-order valence-electron chi connectivity index (χ4n) is 3.38. The van der Waals surface area contributed by atoms with Crippen LogP contribution in [0.4, 0.5) is 0 Å². The number of morpholine rings is 1. The smallest absolute Gasteiger partial charge is 0.326 e. The van der Waals surface area contributed by atoms with E-state index in [0.29, 0.717) is 19.8 Å². The largest absolute Gasteiger partial charge is 0.457 e. The van der Waals surface area contributed by atoms with E-state index in [9.17, 15) is 4.79 Å². The molecule has 2 aromatic carbocycles. The molecule has 5 heteroatoms. The van der Waals surface area contributed by atoms with Crippen LogP contribution in [-0.4, -0.2) is 36.9 Å². The van der Waals surface area contributed by atoms with E-state index in [1.165, 1.54) is 0 Å². The van der Waals surface area contributed by atoms with E-state index in [1.807, 2.05) is 60.7 Å². The van der Waals surface area contributed by atoms with Gasteiger partial charge in [-0.1, -0.05) is 60.7 Å². The maximum absolute atomic E-state index is 11.9. The number of hydrogen-bond donors (Lipinski definition) is 1. The first-order valence-electron chi connectivity index (χ1n) is 8.55. The second-order valence-corrected chi connectivity index (χ2v) is 6.41. The van der Waals surface area contributed by atoms with Crippen LogP contribution in [0.3, 0.4) is 0 Å². The molecule has 1 N–H and O–H groups in total. The van der Waals surface area contributed by atoms with Crippen molar-refractivity contribution >= 4 is 5.97 Å². The summed E-state index contributed by atoms with van der Waals surface area (Å²) >= 11 is 0. The third-order valence-corrected chi connectivity index (χ3v) is 4.64. The topological polar surface area (TPSA) is 56.8 Å². The Morgan fingerprint density at radius 3 is 2.24 bits per heavy atom. The highest BCUT2D eigenvalue weighted by atomic mass is 16.6. The van der Waals surface area contributed by atoms with E-state index in [0.717, 1.165) is 11.1 Å². The van der Waals surface area contributed by atoms with Crippen molar-refractivity contribution in [2.24, 2.45) is 0 Å². The van der Waals surface area contributed by atoms with Crippen molar-refractivity contribution in [3.8, 4) is 0 Å². The van der Waals surface area contributed by atoms with E-state index in [2.05, 4.69) is 5.32 Å². The molecule has 2 aliphatic rings. The summed E-state index contributed by atoms with van der Waals surface area (Å²) in [6.45, 7) is 1.49. The van der Waals surface area contributed by atoms with Crippen LogP contribution in [0.5, 0.6) is 0 Å². The zero-order chi connectivity index (χ0) is 17.1. The summed E-state index contributed by atoms with van der Waals surface area (Å²) in [7, 11) is 0. The molecule has 4 atom stereocenters. The number of fused-ring (bicyclic) bond motifs is 2. The lowest BCUT2D eigenvalue weighted by molar-refractivity contribution is -0.149. The number of ether oxygens (including phenoxy) is 3. The molecule has 0 saturated carbocycles. The highest BCUT2D eigenvalue weighted by molar-refractivity contribution is 5.80. The Morgan fingerprint density at radius 2 is 1.56 bits per heavy atom. The van der Waals surface area contributed by atoms with Crippen LogP contribution in [0, 0.1) is 0 Å². The highest BCUT2D eigenvalue weighted by Gasteiger charge is 2.56. The first-order chi connectivity index (χ1) is 12.3. The van der Waals surface area contributed by atoms with Gasteiger partial charge in [-0.3, -0.25) is 10.1 Å². The van der Waals surface area contributed by atoms with Gasteiger partial charge in [0, 0.05) is 0 Å². The summed E-state index contributed by atoms with van der Waals surface area (Å²) in [5, 5.41) is 3.29. The maximum Gasteiger partial charge on any atom is 0.326 e. The zero-order valence-corrected chi connectivity index (χ0v) is 13.8. The van der Waals surface area contributed by atoms with Crippen LogP contribution in [0.1, 0.15) is 11.1 Å². The Hall–Kier alpha value is -2.21. The van der Waals surface area contributed by atoms with Gasteiger partial charge < -0.3 is 14.2 Å². The monoisotopic (exact) mass is 339 g/mol. The van der Waals surface area contributed by atoms with Crippen LogP contribution in [-0.2, 0) is 32.2 Å². The van der Waals surface area contributed by atoms with Crippen molar-refractivity contribution in [2.75, 3.05) is 6.61 Å². The minimum atomic E-state index is -0.404. The number of carbonyl (C=O) groups is 1. The van der Waals surface area contributed by atoms with Crippen molar-refractivity contribution in [3.05, 3.63) is 71.8 Å². The van der Waals surface area contributed by atoms with Gasteiger partial charge in [0.25, 0.3) is 0 Å². The molecular formula is C20H21NO4. The van der Waals surface area contributed by atoms with Gasteiger partial charge in [-0.15, -0.1) is 0 Å². The molecule has 2 saturated heterocycles. The van der Waals surface area contributed by atoms with Crippen LogP contribution in [0.25, 0.3) is 0 Å².